The van der Waals surface area contributed by atoms with E-state index in [1.165, 1.54) is 17.3 Å². The second-order valence-electron chi connectivity index (χ2n) is 5.93. The van der Waals surface area contributed by atoms with Gasteiger partial charge in [0.2, 0.25) is 0 Å². The fraction of sp³-hybridized carbons (Fsp3) is 0.200. The van der Waals surface area contributed by atoms with Gasteiger partial charge >= 0.3 is 0 Å². The van der Waals surface area contributed by atoms with Crippen LogP contribution in [0.5, 0.6) is 5.75 Å². The number of carbonyl (C=O) groups is 1. The van der Waals surface area contributed by atoms with E-state index in [9.17, 15) is 4.79 Å². The molecule has 4 nitrogen and oxygen atoms in total. The van der Waals surface area contributed by atoms with Crippen LogP contribution in [0.3, 0.4) is 0 Å². The Bertz CT molecular complexity index is 901. The van der Waals surface area contributed by atoms with Crippen molar-refractivity contribution in [3.63, 3.8) is 0 Å². The van der Waals surface area contributed by atoms with Crippen molar-refractivity contribution in [3.05, 3.63) is 63.6 Å². The predicted octanol–water partition coefficient (Wildman–Crippen LogP) is 4.51. The third kappa shape index (κ3) is 3.77. The van der Waals surface area contributed by atoms with Gasteiger partial charge in [0, 0.05) is 0 Å². The van der Waals surface area contributed by atoms with Crippen molar-refractivity contribution >= 4 is 34.6 Å². The van der Waals surface area contributed by atoms with Gasteiger partial charge in [0.05, 0.1) is 17.7 Å². The summed E-state index contributed by atoms with van der Waals surface area (Å²) in [4.78, 5) is 17.5. The van der Waals surface area contributed by atoms with Crippen molar-refractivity contribution in [2.45, 2.75) is 20.8 Å². The number of thioether (sulfide) groups is 1. The number of nitrogens with one attached hydrogen (secondary N) is 1. The maximum absolute atomic E-state index is 12.2. The molecule has 0 aliphatic carbocycles. The highest BCUT2D eigenvalue weighted by Gasteiger charge is 2.24. The topological polar surface area (TPSA) is 50.7 Å². The van der Waals surface area contributed by atoms with E-state index in [1.54, 1.807) is 7.11 Å². The third-order valence-electron chi connectivity index (χ3n) is 4.18. The molecule has 0 bridgehead atoms. The van der Waals surface area contributed by atoms with E-state index in [0.717, 1.165) is 28.1 Å². The molecule has 1 aliphatic rings. The van der Waals surface area contributed by atoms with E-state index in [-0.39, 0.29) is 5.91 Å². The second kappa shape index (κ2) is 7.15. The molecule has 1 saturated heterocycles. The first-order valence-corrected chi connectivity index (χ1v) is 8.80. The molecular weight excluding hydrogens is 332 g/mol. The minimum absolute atomic E-state index is 0.131. The van der Waals surface area contributed by atoms with Gasteiger partial charge < -0.3 is 10.1 Å². The Kier molecular flexibility index (Phi) is 4.95. The maximum atomic E-state index is 12.2. The molecule has 5 heteroatoms. The summed E-state index contributed by atoms with van der Waals surface area (Å²) in [7, 11) is 1.64. The van der Waals surface area contributed by atoms with Gasteiger partial charge in [-0.1, -0.05) is 24.3 Å². The van der Waals surface area contributed by atoms with E-state index in [0.29, 0.717) is 10.1 Å². The molecule has 0 unspecified atom stereocenters. The van der Waals surface area contributed by atoms with Crippen LogP contribution in [0.15, 0.2) is 46.3 Å². The Hall–Kier alpha value is -2.53. The average Bonchev–Trinajstić information content (AvgIpc) is 2.93. The van der Waals surface area contributed by atoms with E-state index in [1.807, 2.05) is 50.3 Å². The fourth-order valence-electron chi connectivity index (χ4n) is 2.52. The zero-order valence-corrected chi connectivity index (χ0v) is 15.5. The number of aliphatic imine (C=N–C) groups is 1. The monoisotopic (exact) mass is 352 g/mol. The van der Waals surface area contributed by atoms with Gasteiger partial charge in [-0.2, -0.15) is 0 Å². The Balaban J connectivity index is 1.87. The summed E-state index contributed by atoms with van der Waals surface area (Å²) < 4.78 is 5.34. The van der Waals surface area contributed by atoms with Crippen molar-refractivity contribution in [1.29, 1.82) is 0 Å². The zero-order chi connectivity index (χ0) is 18.0. The largest absolute Gasteiger partial charge is 0.496 e. The molecule has 1 fully saturated rings. The summed E-state index contributed by atoms with van der Waals surface area (Å²) in [5, 5.41) is 3.43. The fourth-order valence-corrected chi connectivity index (χ4v) is 3.36. The molecule has 1 N–H and O–H groups in total. The lowest BCUT2D eigenvalue weighted by atomic mass is 10.1. The molecule has 3 rings (SSSR count). The molecule has 25 heavy (non-hydrogen) atoms. The Morgan fingerprint density at radius 2 is 1.92 bits per heavy atom. The SMILES string of the molecule is COc1cc(/C=C2\SC(=Nc3cccc(C)c3C)NC2=O)ccc1C. The lowest BCUT2D eigenvalue weighted by Crippen LogP contribution is -2.19. The van der Waals surface area contributed by atoms with Crippen LogP contribution in [0.2, 0.25) is 0 Å². The Labute approximate surface area is 152 Å². The van der Waals surface area contributed by atoms with Crippen LogP contribution in [-0.2, 0) is 4.79 Å². The highest BCUT2D eigenvalue weighted by molar-refractivity contribution is 8.18. The number of amides is 1. The van der Waals surface area contributed by atoms with Crippen LogP contribution < -0.4 is 10.1 Å². The summed E-state index contributed by atoms with van der Waals surface area (Å²) >= 11 is 1.35. The summed E-state index contributed by atoms with van der Waals surface area (Å²) in [6, 6.07) is 11.9. The van der Waals surface area contributed by atoms with Gasteiger partial charge in [-0.25, -0.2) is 4.99 Å². The molecule has 0 spiro atoms. The standard InChI is InChI=1S/C20H20N2O2S/c1-12-6-5-7-16(14(12)3)21-20-22-19(23)18(25-20)11-15-9-8-13(2)17(10-15)24-4/h5-11H,1-4H3,(H,21,22,23)/b18-11-. The molecule has 128 valence electrons. The third-order valence-corrected chi connectivity index (χ3v) is 5.09. The molecule has 0 saturated carbocycles. The maximum Gasteiger partial charge on any atom is 0.264 e. The van der Waals surface area contributed by atoms with Crippen molar-refractivity contribution < 1.29 is 9.53 Å². The minimum atomic E-state index is -0.131. The molecule has 1 amide bonds. The first-order chi connectivity index (χ1) is 12.0. The Morgan fingerprint density at radius 1 is 1.12 bits per heavy atom. The average molecular weight is 352 g/mol. The number of nitrogens with zero attached hydrogens (tertiary/aromatic N) is 1. The van der Waals surface area contributed by atoms with Gasteiger partial charge in [-0.3, -0.25) is 4.79 Å². The van der Waals surface area contributed by atoms with Crippen LogP contribution in [0.25, 0.3) is 6.08 Å². The van der Waals surface area contributed by atoms with Crippen LogP contribution in [-0.4, -0.2) is 18.2 Å². The summed E-state index contributed by atoms with van der Waals surface area (Å²) in [5.74, 6) is 0.677. The molecular formula is C20H20N2O2S. The summed E-state index contributed by atoms with van der Waals surface area (Å²) in [6.45, 7) is 6.07. The van der Waals surface area contributed by atoms with Crippen LogP contribution in [0, 0.1) is 20.8 Å². The molecule has 1 heterocycles. The first kappa shape index (κ1) is 17.3. The van der Waals surface area contributed by atoms with Crippen LogP contribution >= 0.6 is 11.8 Å². The van der Waals surface area contributed by atoms with Crippen molar-refractivity contribution in [2.24, 2.45) is 4.99 Å². The number of benzene rings is 2. The van der Waals surface area contributed by atoms with Gasteiger partial charge in [-0.15, -0.1) is 0 Å². The molecule has 0 radical (unpaired) electrons. The van der Waals surface area contributed by atoms with Gasteiger partial charge in [0.15, 0.2) is 5.17 Å². The van der Waals surface area contributed by atoms with E-state index in [4.69, 9.17) is 4.74 Å². The van der Waals surface area contributed by atoms with Crippen molar-refractivity contribution in [3.8, 4) is 5.75 Å². The quantitative estimate of drug-likeness (QED) is 0.827. The number of carbonyl (C=O) groups excluding carboxylic acids is 1. The zero-order valence-electron chi connectivity index (χ0n) is 14.7. The van der Waals surface area contributed by atoms with Crippen molar-refractivity contribution in [2.75, 3.05) is 7.11 Å². The smallest absolute Gasteiger partial charge is 0.264 e. The highest BCUT2D eigenvalue weighted by Crippen LogP contribution is 2.30. The lowest BCUT2D eigenvalue weighted by Gasteiger charge is -2.05. The normalized spacial score (nSPS) is 17.2. The molecule has 0 aromatic heterocycles. The number of hydrogen-bond donors (Lipinski definition) is 1. The van der Waals surface area contributed by atoms with Gasteiger partial charge in [0.25, 0.3) is 5.91 Å². The van der Waals surface area contributed by atoms with Gasteiger partial charge in [0.1, 0.15) is 5.75 Å². The highest BCUT2D eigenvalue weighted by atomic mass is 32.2. The predicted molar refractivity (Wildman–Crippen MR) is 104 cm³/mol. The summed E-state index contributed by atoms with van der Waals surface area (Å²) in [6.07, 6.45) is 1.85. The molecule has 1 aliphatic heterocycles. The molecule has 0 atom stereocenters. The van der Waals surface area contributed by atoms with Crippen molar-refractivity contribution in [1.82, 2.24) is 5.32 Å². The molecule has 2 aromatic carbocycles. The number of rotatable bonds is 3. The first-order valence-electron chi connectivity index (χ1n) is 7.98. The number of methoxy groups -OCH3 is 1. The number of amidine groups is 1. The molecule has 2 aromatic rings. The van der Waals surface area contributed by atoms with E-state index >= 15 is 0 Å². The number of hydrogen-bond acceptors (Lipinski definition) is 4. The van der Waals surface area contributed by atoms with Crippen LogP contribution in [0.4, 0.5) is 5.69 Å². The van der Waals surface area contributed by atoms with Gasteiger partial charge in [-0.05, 0) is 73.0 Å². The second-order valence-corrected chi connectivity index (χ2v) is 6.96. The minimum Gasteiger partial charge on any atom is -0.496 e. The Morgan fingerprint density at radius 3 is 2.68 bits per heavy atom. The lowest BCUT2D eigenvalue weighted by molar-refractivity contribution is -0.115. The number of ether oxygens (including phenoxy) is 1. The van der Waals surface area contributed by atoms with E-state index < -0.39 is 0 Å². The summed E-state index contributed by atoms with van der Waals surface area (Å²) in [5.41, 5.74) is 5.16. The van der Waals surface area contributed by atoms with Crippen LogP contribution in [0.1, 0.15) is 22.3 Å². The number of aryl methyl sites for hydroxylation is 2. The van der Waals surface area contributed by atoms with E-state index in [2.05, 4.69) is 23.3 Å².